The molecular formula is C46H51Br2N11O6. The molecule has 0 spiro atoms. The van der Waals surface area contributed by atoms with E-state index in [1.54, 1.807) is 63.3 Å². The van der Waals surface area contributed by atoms with Crippen LogP contribution in [0.3, 0.4) is 0 Å². The van der Waals surface area contributed by atoms with Gasteiger partial charge < -0.3 is 25.7 Å². The number of pyridine rings is 4. The lowest BCUT2D eigenvalue weighted by Gasteiger charge is -2.56. The number of benzene rings is 2. The highest BCUT2D eigenvalue weighted by Crippen LogP contribution is 2.30. The van der Waals surface area contributed by atoms with Gasteiger partial charge in [-0.15, -0.1) is 0 Å². The number of nitrogens with one attached hydrogen (secondary N) is 1. The summed E-state index contributed by atoms with van der Waals surface area (Å²) >= 11 is 6.76. The molecule has 0 amide bonds. The SMILES string of the molecule is C.C1N2CN3CN1CN(C2)C3.CC(=O)O.COCc1cccc(-c2nc[nH]c2-c2ccc3ncc(Br)cc3n2)c1.COCc1cccc(C(=O)C(=O)c2ccc3ncc(Br)cc3n2)c1.N. The van der Waals surface area contributed by atoms with E-state index in [4.69, 9.17) is 24.4 Å². The van der Waals surface area contributed by atoms with Gasteiger partial charge >= 0.3 is 0 Å². The summed E-state index contributed by atoms with van der Waals surface area (Å²) in [5.74, 6) is -2.07. The number of hydrogen-bond acceptors (Lipinski definition) is 15. The number of nitrogens with zero attached hydrogens (tertiary/aromatic N) is 9. The Morgan fingerprint density at radius 2 is 1.17 bits per heavy atom. The van der Waals surface area contributed by atoms with Gasteiger partial charge in [0.05, 0.1) is 98.7 Å². The quantitative estimate of drug-likeness (QED) is 0.0920. The summed E-state index contributed by atoms with van der Waals surface area (Å²) in [6.45, 7) is 9.16. The van der Waals surface area contributed by atoms with Crippen molar-refractivity contribution >= 4 is 71.5 Å². The Labute approximate surface area is 393 Å². The van der Waals surface area contributed by atoms with E-state index < -0.39 is 17.5 Å². The number of carbonyl (C=O) groups is 3. The highest BCUT2D eigenvalue weighted by molar-refractivity contribution is 9.10. The van der Waals surface area contributed by atoms with Crippen LogP contribution in [0.2, 0.25) is 0 Å². The molecule has 340 valence electrons. The molecule has 11 rings (SSSR count). The zero-order valence-electron chi connectivity index (χ0n) is 35.4. The van der Waals surface area contributed by atoms with Gasteiger partial charge in [-0.05, 0) is 91.5 Å². The highest BCUT2D eigenvalue weighted by atomic mass is 79.9. The summed E-state index contributed by atoms with van der Waals surface area (Å²) in [6, 6.07) is 25.8. The fourth-order valence-corrected chi connectivity index (χ4v) is 8.00. The third-order valence-electron chi connectivity index (χ3n) is 9.75. The van der Waals surface area contributed by atoms with Gasteiger partial charge in [-0.2, -0.15) is 0 Å². The number of hydrogen-bond donors (Lipinski definition) is 3. The number of ketones is 2. The van der Waals surface area contributed by atoms with Crippen LogP contribution in [0.25, 0.3) is 44.7 Å². The number of imidazole rings is 1. The Morgan fingerprint density at radius 1 is 0.662 bits per heavy atom. The number of carboxylic acid groups (broad SMARTS) is 1. The molecule has 19 heteroatoms. The summed E-state index contributed by atoms with van der Waals surface area (Å²) in [7, 11) is 3.27. The normalized spacial score (nSPS) is 17.5. The number of Topliss-reactive ketones (excluding diaryl/α,β-unsaturated/α-hetero) is 2. The predicted molar refractivity (Wildman–Crippen MR) is 256 cm³/mol. The third kappa shape index (κ3) is 13.2. The molecule has 0 atom stereocenters. The third-order valence-corrected chi connectivity index (χ3v) is 10.6. The first-order valence-electron chi connectivity index (χ1n) is 19.7. The number of aromatic nitrogens is 6. The van der Waals surface area contributed by atoms with Gasteiger partial charge in [0.2, 0.25) is 5.78 Å². The molecule has 9 heterocycles. The maximum Gasteiger partial charge on any atom is 0.300 e. The molecule has 7 aromatic rings. The molecule has 0 aliphatic carbocycles. The maximum atomic E-state index is 12.5. The fraction of sp³-hybridized carbons (Fsp3) is 0.261. The van der Waals surface area contributed by atoms with Crippen molar-refractivity contribution < 1.29 is 29.0 Å². The molecule has 4 bridgehead atoms. The zero-order valence-corrected chi connectivity index (χ0v) is 38.6. The number of H-pyrrole nitrogens is 1. The van der Waals surface area contributed by atoms with Crippen molar-refractivity contribution in [1.29, 1.82) is 0 Å². The van der Waals surface area contributed by atoms with Crippen LogP contribution in [0, 0.1) is 0 Å². The number of rotatable bonds is 9. The molecule has 4 saturated heterocycles. The number of ether oxygens (including phenoxy) is 2. The Hall–Kier alpha value is -5.74. The molecule has 4 fully saturated rings. The first-order chi connectivity index (χ1) is 30.5. The van der Waals surface area contributed by atoms with Crippen molar-refractivity contribution in [2.75, 3.05) is 54.2 Å². The summed E-state index contributed by atoms with van der Waals surface area (Å²) in [6.07, 6.45) is 5.11. The Bertz CT molecular complexity index is 2690. The molecular weight excluding hydrogens is 962 g/mol. The Morgan fingerprint density at radius 3 is 1.72 bits per heavy atom. The largest absolute Gasteiger partial charge is 0.481 e. The van der Waals surface area contributed by atoms with E-state index in [2.05, 4.69) is 82.4 Å². The van der Waals surface area contributed by atoms with E-state index in [1.165, 1.54) is 46.1 Å². The van der Waals surface area contributed by atoms with Gasteiger partial charge in [0.1, 0.15) is 5.69 Å². The molecule has 0 saturated carbocycles. The van der Waals surface area contributed by atoms with Gasteiger partial charge in [0.15, 0.2) is 0 Å². The van der Waals surface area contributed by atoms with Crippen LogP contribution in [-0.4, -0.2) is 126 Å². The smallest absolute Gasteiger partial charge is 0.300 e. The van der Waals surface area contributed by atoms with Crippen LogP contribution in [0.5, 0.6) is 0 Å². The van der Waals surface area contributed by atoms with Crippen molar-refractivity contribution in [3.63, 3.8) is 0 Å². The molecule has 4 aliphatic rings. The molecule has 5 aromatic heterocycles. The minimum atomic E-state index is -0.833. The van der Waals surface area contributed by atoms with Gasteiger partial charge in [-0.3, -0.25) is 44.0 Å². The molecule has 0 radical (unpaired) electrons. The van der Waals surface area contributed by atoms with E-state index in [1.807, 2.05) is 42.5 Å². The second kappa shape index (κ2) is 23.4. The summed E-state index contributed by atoms with van der Waals surface area (Å²) < 4.78 is 11.9. The number of halogens is 2. The van der Waals surface area contributed by atoms with E-state index in [-0.39, 0.29) is 19.3 Å². The zero-order chi connectivity index (χ0) is 44.5. The number of methoxy groups -OCH3 is 2. The molecule has 17 nitrogen and oxygen atoms in total. The van der Waals surface area contributed by atoms with Gasteiger partial charge in [0, 0.05) is 53.6 Å². The first kappa shape index (κ1) is 50.3. The Balaban J connectivity index is 0.000000184. The monoisotopic (exact) mass is 1010 g/mol. The molecule has 4 aliphatic heterocycles. The summed E-state index contributed by atoms with van der Waals surface area (Å²) in [5, 5.41) is 7.42. The van der Waals surface area contributed by atoms with Crippen LogP contribution in [0.15, 0.2) is 113 Å². The van der Waals surface area contributed by atoms with Crippen molar-refractivity contribution in [2.45, 2.75) is 27.6 Å². The van der Waals surface area contributed by atoms with E-state index in [0.717, 1.165) is 60.7 Å². The number of aromatic amines is 1. The standard InChI is InChI=1S/C19H15BrN4O.C18H13BrN2O3.C6H12N4.C2H4O2.CH4.H3N/c1-25-10-12-3-2-4-13(7-12)18-19(23-11-22-18)16-6-5-15-17(24-16)8-14(20)9-21-15;1-24-10-11-3-2-4-12(7-11)17(22)18(23)15-6-5-14-16(21-15)8-13(19)9-20-14;1-7-2-9-4-8(1)5-10(3-7)6-9;1-2(3)4;;/h2-9,11H,10H2,1H3,(H,22,23);2-9H,10H2,1H3;1-6H2;1H3,(H,3,4);1H4;1H3. The van der Waals surface area contributed by atoms with E-state index >= 15 is 0 Å². The average Bonchev–Trinajstić information content (AvgIpc) is 3.76. The molecule has 2 aromatic carbocycles. The highest BCUT2D eigenvalue weighted by Gasteiger charge is 2.36. The maximum absolute atomic E-state index is 12.5. The van der Waals surface area contributed by atoms with Crippen molar-refractivity contribution in [3.8, 4) is 22.6 Å². The molecule has 0 unspecified atom stereocenters. The topological polar surface area (TPSA) is 218 Å². The lowest BCUT2D eigenvalue weighted by atomic mass is 10.0. The lowest BCUT2D eigenvalue weighted by molar-refractivity contribution is -0.194. The summed E-state index contributed by atoms with van der Waals surface area (Å²) in [5.41, 5.74) is 8.87. The van der Waals surface area contributed by atoms with Gasteiger partial charge in [0.25, 0.3) is 11.8 Å². The van der Waals surface area contributed by atoms with Gasteiger partial charge in [-0.1, -0.05) is 43.8 Å². The van der Waals surface area contributed by atoms with Crippen LogP contribution in [0.1, 0.15) is 46.3 Å². The number of carbonyl (C=O) groups excluding carboxylic acids is 2. The van der Waals surface area contributed by atoms with E-state index in [9.17, 15) is 9.59 Å². The fourth-order valence-electron chi connectivity index (χ4n) is 7.36. The van der Waals surface area contributed by atoms with Crippen molar-refractivity contribution in [3.05, 3.63) is 135 Å². The number of fused-ring (bicyclic) bond motifs is 2. The number of aliphatic carboxylic acids is 1. The van der Waals surface area contributed by atoms with Crippen LogP contribution in [-0.2, 0) is 27.5 Å². The van der Waals surface area contributed by atoms with E-state index in [0.29, 0.717) is 29.8 Å². The first-order valence-corrected chi connectivity index (χ1v) is 21.3. The second-order valence-electron chi connectivity index (χ2n) is 14.9. The second-order valence-corrected chi connectivity index (χ2v) is 16.7. The Kier molecular flexibility index (Phi) is 18.1. The van der Waals surface area contributed by atoms with Crippen LogP contribution < -0.4 is 6.15 Å². The van der Waals surface area contributed by atoms with Gasteiger partial charge in [-0.25, -0.2) is 15.0 Å². The predicted octanol–water partition coefficient (Wildman–Crippen LogP) is 8.07. The lowest BCUT2D eigenvalue weighted by Crippen LogP contribution is -2.71. The minimum absolute atomic E-state index is 0. The minimum Gasteiger partial charge on any atom is -0.481 e. The van der Waals surface area contributed by atoms with Crippen molar-refractivity contribution in [1.82, 2.24) is 55.7 Å². The molecule has 5 N–H and O–H groups in total. The summed E-state index contributed by atoms with van der Waals surface area (Å²) in [4.78, 5) is 69.1. The number of carboxylic acids is 1. The average molecular weight is 1010 g/mol. The van der Waals surface area contributed by atoms with Crippen molar-refractivity contribution in [2.24, 2.45) is 0 Å². The van der Waals surface area contributed by atoms with Crippen LogP contribution >= 0.6 is 31.9 Å². The van der Waals surface area contributed by atoms with Crippen LogP contribution in [0.4, 0.5) is 0 Å². The molecule has 65 heavy (non-hydrogen) atoms.